The second kappa shape index (κ2) is 6.38. The van der Waals surface area contributed by atoms with Gasteiger partial charge < -0.3 is 10.5 Å². The number of nitrogens with zero attached hydrogens (tertiary/aromatic N) is 1. The van der Waals surface area contributed by atoms with E-state index in [4.69, 9.17) is 10.5 Å². The van der Waals surface area contributed by atoms with Crippen LogP contribution >= 0.6 is 0 Å². The van der Waals surface area contributed by atoms with Crippen molar-refractivity contribution in [2.24, 2.45) is 5.73 Å². The Labute approximate surface area is 117 Å². The minimum Gasteiger partial charge on any atom is -0.497 e. The predicted molar refractivity (Wildman–Crippen MR) is 74.5 cm³/mol. The normalized spacial score (nSPS) is 18.8. The number of primary amides is 1. The van der Waals surface area contributed by atoms with E-state index >= 15 is 0 Å². The summed E-state index contributed by atoms with van der Waals surface area (Å²) in [6, 6.07) is 7.18. The fourth-order valence-corrected chi connectivity index (χ4v) is 2.50. The van der Waals surface area contributed by atoms with Gasteiger partial charge in [0.2, 0.25) is 5.91 Å². The van der Waals surface area contributed by atoms with Gasteiger partial charge in [-0.3, -0.25) is 15.0 Å². The van der Waals surface area contributed by atoms with E-state index in [0.29, 0.717) is 5.92 Å². The van der Waals surface area contributed by atoms with Gasteiger partial charge in [0.1, 0.15) is 5.75 Å². The minimum absolute atomic E-state index is 0.204. The molecule has 0 spiro atoms. The van der Waals surface area contributed by atoms with E-state index in [2.05, 4.69) is 17.4 Å². The van der Waals surface area contributed by atoms with Crippen LogP contribution in [0.25, 0.3) is 0 Å². The van der Waals surface area contributed by atoms with Crippen molar-refractivity contribution in [1.29, 1.82) is 0 Å². The van der Waals surface area contributed by atoms with Crippen molar-refractivity contribution in [3.05, 3.63) is 29.8 Å². The predicted octanol–water partition coefficient (Wildman–Crippen LogP) is 0.679. The third-order valence-electron chi connectivity index (χ3n) is 3.49. The summed E-state index contributed by atoms with van der Waals surface area (Å²) in [5, 5.41) is 2.08. The molecule has 1 fully saturated rings. The van der Waals surface area contributed by atoms with Crippen LogP contribution in [-0.2, 0) is 4.79 Å². The van der Waals surface area contributed by atoms with Crippen molar-refractivity contribution < 1.29 is 14.3 Å². The number of carbonyl (C=O) groups is 2. The molecule has 0 radical (unpaired) electrons. The molecule has 20 heavy (non-hydrogen) atoms. The summed E-state index contributed by atoms with van der Waals surface area (Å²) in [5.74, 6) is 0.889. The molecule has 1 aliphatic rings. The average molecular weight is 277 g/mol. The van der Waals surface area contributed by atoms with E-state index in [9.17, 15) is 9.59 Å². The summed E-state index contributed by atoms with van der Waals surface area (Å²) >= 11 is 0. The first kappa shape index (κ1) is 14.3. The van der Waals surface area contributed by atoms with Crippen LogP contribution in [0.4, 0.5) is 4.79 Å². The highest BCUT2D eigenvalue weighted by atomic mass is 16.5. The number of ether oxygens (including phenoxy) is 1. The molecule has 6 nitrogen and oxygen atoms in total. The zero-order valence-corrected chi connectivity index (χ0v) is 11.5. The molecule has 0 unspecified atom stereocenters. The molecule has 1 aromatic carbocycles. The molecule has 1 aromatic rings. The molecule has 3 amide bonds. The number of benzene rings is 1. The van der Waals surface area contributed by atoms with Gasteiger partial charge in [0.05, 0.1) is 13.7 Å². The fourth-order valence-electron chi connectivity index (χ4n) is 2.50. The second-order valence-electron chi connectivity index (χ2n) is 4.91. The van der Waals surface area contributed by atoms with Crippen molar-refractivity contribution in [3.8, 4) is 5.75 Å². The number of nitrogens with one attached hydrogen (secondary N) is 1. The summed E-state index contributed by atoms with van der Waals surface area (Å²) in [7, 11) is 1.64. The van der Waals surface area contributed by atoms with Gasteiger partial charge in [-0.05, 0) is 36.6 Å². The van der Waals surface area contributed by atoms with Gasteiger partial charge in [0.25, 0.3) is 0 Å². The maximum absolute atomic E-state index is 11.5. The zero-order chi connectivity index (χ0) is 14.5. The number of likely N-dealkylation sites (tertiary alicyclic amines) is 1. The van der Waals surface area contributed by atoms with Crippen LogP contribution in [0, 0.1) is 0 Å². The molecule has 0 aliphatic carbocycles. The Bertz CT molecular complexity index is 487. The number of hydrogen-bond donors (Lipinski definition) is 2. The zero-order valence-electron chi connectivity index (χ0n) is 11.5. The summed E-state index contributed by atoms with van der Waals surface area (Å²) < 4.78 is 5.14. The molecule has 1 atom stereocenters. The van der Waals surface area contributed by atoms with E-state index in [1.54, 1.807) is 7.11 Å². The van der Waals surface area contributed by atoms with Crippen LogP contribution in [0.5, 0.6) is 5.75 Å². The van der Waals surface area contributed by atoms with Crippen molar-refractivity contribution in [1.82, 2.24) is 10.2 Å². The summed E-state index contributed by atoms with van der Waals surface area (Å²) in [5.41, 5.74) is 6.15. The third-order valence-corrected chi connectivity index (χ3v) is 3.49. The van der Waals surface area contributed by atoms with Crippen LogP contribution in [0.15, 0.2) is 24.3 Å². The van der Waals surface area contributed by atoms with Gasteiger partial charge in [-0.25, -0.2) is 4.79 Å². The van der Waals surface area contributed by atoms with Gasteiger partial charge in [0.15, 0.2) is 0 Å². The molecule has 0 bridgehead atoms. The number of hydrogen-bond acceptors (Lipinski definition) is 4. The van der Waals surface area contributed by atoms with Gasteiger partial charge in [-0.15, -0.1) is 0 Å². The lowest BCUT2D eigenvalue weighted by Crippen LogP contribution is -2.41. The molecule has 3 N–H and O–H groups in total. The Morgan fingerprint density at radius 1 is 1.40 bits per heavy atom. The Morgan fingerprint density at radius 3 is 2.70 bits per heavy atom. The highest BCUT2D eigenvalue weighted by Crippen LogP contribution is 2.28. The highest BCUT2D eigenvalue weighted by Gasteiger charge is 2.25. The number of imide groups is 1. The molecular formula is C14H19N3O3. The van der Waals surface area contributed by atoms with Crippen molar-refractivity contribution >= 4 is 11.9 Å². The number of carbonyl (C=O) groups excluding carboxylic acids is 2. The smallest absolute Gasteiger partial charge is 0.318 e. The number of urea groups is 1. The molecule has 1 heterocycles. The lowest BCUT2D eigenvalue weighted by Gasteiger charge is -2.15. The van der Waals surface area contributed by atoms with E-state index < -0.39 is 6.03 Å². The third kappa shape index (κ3) is 3.71. The molecule has 1 saturated heterocycles. The number of rotatable bonds is 4. The summed E-state index contributed by atoms with van der Waals surface area (Å²) in [4.78, 5) is 24.1. The molecule has 108 valence electrons. The molecule has 0 saturated carbocycles. The van der Waals surface area contributed by atoms with Crippen molar-refractivity contribution in [2.45, 2.75) is 12.3 Å². The Balaban J connectivity index is 1.88. The average Bonchev–Trinajstić information content (AvgIpc) is 2.86. The molecule has 1 aliphatic heterocycles. The second-order valence-corrected chi connectivity index (χ2v) is 4.91. The first-order valence-electron chi connectivity index (χ1n) is 6.54. The van der Waals surface area contributed by atoms with Gasteiger partial charge in [0, 0.05) is 6.54 Å². The number of methoxy groups -OCH3 is 1. The Morgan fingerprint density at radius 2 is 2.10 bits per heavy atom. The van der Waals surface area contributed by atoms with Gasteiger partial charge >= 0.3 is 6.03 Å². The quantitative estimate of drug-likeness (QED) is 0.847. The number of amides is 3. The Hall–Kier alpha value is -2.08. The van der Waals surface area contributed by atoms with Crippen LogP contribution in [0.2, 0.25) is 0 Å². The lowest BCUT2D eigenvalue weighted by atomic mass is 9.98. The maximum atomic E-state index is 11.5. The van der Waals surface area contributed by atoms with Crippen LogP contribution in [0.1, 0.15) is 17.9 Å². The molecule has 0 aromatic heterocycles. The van der Waals surface area contributed by atoms with E-state index in [-0.39, 0.29) is 12.5 Å². The fraction of sp³-hybridized carbons (Fsp3) is 0.429. The first-order chi connectivity index (χ1) is 9.58. The van der Waals surface area contributed by atoms with Gasteiger partial charge in [-0.1, -0.05) is 12.1 Å². The first-order valence-corrected chi connectivity index (χ1v) is 6.54. The minimum atomic E-state index is -0.805. The van der Waals surface area contributed by atoms with Crippen LogP contribution in [0.3, 0.4) is 0 Å². The molecular weight excluding hydrogens is 258 g/mol. The standard InChI is InChI=1S/C14H19N3O3/c1-20-12-4-2-10(3-5-12)11-6-7-17(8-11)9-13(18)16-14(15)19/h2-5,11H,6-9H2,1H3,(H3,15,16,18,19)/t11-/m1/s1. The SMILES string of the molecule is COc1ccc([C@@H]2CCN(CC(=O)NC(N)=O)C2)cc1. The maximum Gasteiger partial charge on any atom is 0.318 e. The summed E-state index contributed by atoms with van der Waals surface area (Å²) in [6.07, 6.45) is 0.996. The van der Waals surface area contributed by atoms with Crippen molar-refractivity contribution in [3.63, 3.8) is 0 Å². The van der Waals surface area contributed by atoms with Crippen molar-refractivity contribution in [2.75, 3.05) is 26.7 Å². The summed E-state index contributed by atoms with van der Waals surface area (Å²) in [6.45, 7) is 1.84. The van der Waals surface area contributed by atoms with Crippen LogP contribution < -0.4 is 15.8 Å². The van der Waals surface area contributed by atoms with E-state index in [1.807, 2.05) is 17.0 Å². The topological polar surface area (TPSA) is 84.7 Å². The molecule has 6 heteroatoms. The van der Waals surface area contributed by atoms with E-state index in [0.717, 1.165) is 25.3 Å². The lowest BCUT2D eigenvalue weighted by molar-refractivity contribution is -0.120. The largest absolute Gasteiger partial charge is 0.497 e. The highest BCUT2D eigenvalue weighted by molar-refractivity contribution is 5.94. The number of nitrogens with two attached hydrogens (primary N) is 1. The van der Waals surface area contributed by atoms with Crippen LogP contribution in [-0.4, -0.2) is 43.6 Å². The Kier molecular flexibility index (Phi) is 4.57. The monoisotopic (exact) mass is 277 g/mol. The molecule has 2 rings (SSSR count). The van der Waals surface area contributed by atoms with E-state index in [1.165, 1.54) is 5.56 Å². The van der Waals surface area contributed by atoms with Gasteiger partial charge in [-0.2, -0.15) is 0 Å².